The molecule has 126 valence electrons. The van der Waals surface area contributed by atoms with Crippen molar-refractivity contribution in [3.05, 3.63) is 65.7 Å². The number of rotatable bonds is 7. The number of aliphatic carboxylic acids is 1. The van der Waals surface area contributed by atoms with Gasteiger partial charge in [0.25, 0.3) is 0 Å². The van der Waals surface area contributed by atoms with Crippen LogP contribution in [0.15, 0.2) is 54.6 Å². The lowest BCUT2D eigenvalue weighted by molar-refractivity contribution is -0.142. The van der Waals surface area contributed by atoms with E-state index in [2.05, 4.69) is 5.32 Å². The number of carboxylic acid groups (broad SMARTS) is 1. The van der Waals surface area contributed by atoms with Crippen molar-refractivity contribution in [2.24, 2.45) is 0 Å². The molecule has 0 heterocycles. The Morgan fingerprint density at radius 2 is 1.75 bits per heavy atom. The van der Waals surface area contributed by atoms with Crippen LogP contribution in [-0.2, 0) is 9.59 Å². The van der Waals surface area contributed by atoms with E-state index < -0.39 is 12.0 Å². The van der Waals surface area contributed by atoms with Gasteiger partial charge in [-0.2, -0.15) is 0 Å². The molecule has 0 radical (unpaired) electrons. The zero-order chi connectivity index (χ0) is 17.5. The molecular weight excluding hydrogens is 306 g/mol. The van der Waals surface area contributed by atoms with Crippen LogP contribution in [0.2, 0.25) is 0 Å². The molecule has 2 atom stereocenters. The molecule has 5 heteroatoms. The molecule has 0 saturated carbocycles. The van der Waals surface area contributed by atoms with E-state index in [9.17, 15) is 14.7 Å². The minimum Gasteiger partial charge on any atom is -0.497 e. The van der Waals surface area contributed by atoms with Gasteiger partial charge in [0.05, 0.1) is 7.11 Å². The minimum absolute atomic E-state index is 0.0506. The highest BCUT2D eigenvalue weighted by Gasteiger charge is 2.23. The van der Waals surface area contributed by atoms with Gasteiger partial charge in [-0.05, 0) is 29.2 Å². The largest absolute Gasteiger partial charge is 0.497 e. The van der Waals surface area contributed by atoms with E-state index in [1.807, 2.05) is 31.2 Å². The lowest BCUT2D eigenvalue weighted by atomic mass is 9.97. The summed E-state index contributed by atoms with van der Waals surface area (Å²) in [6.45, 7) is 1.92. The Hall–Kier alpha value is -2.82. The van der Waals surface area contributed by atoms with Crippen LogP contribution in [0.1, 0.15) is 36.4 Å². The quantitative estimate of drug-likeness (QED) is 0.819. The summed E-state index contributed by atoms with van der Waals surface area (Å²) in [7, 11) is 1.59. The predicted molar refractivity (Wildman–Crippen MR) is 91.0 cm³/mol. The van der Waals surface area contributed by atoms with Crippen molar-refractivity contribution in [3.63, 3.8) is 0 Å². The van der Waals surface area contributed by atoms with Crippen LogP contribution < -0.4 is 10.1 Å². The summed E-state index contributed by atoms with van der Waals surface area (Å²) in [5.74, 6) is -0.706. The standard InChI is InChI=1S/C19H21NO4/c1-13(15-9-6-10-16(12-15)24-2)11-17(21)20-18(19(22)23)14-7-4-3-5-8-14/h3-10,12-13,18H,11H2,1-2H3,(H,20,21)(H,22,23)/t13?,18-/m0/s1. The Kier molecular flexibility index (Phi) is 5.95. The number of hydrogen-bond acceptors (Lipinski definition) is 3. The fraction of sp³-hybridized carbons (Fsp3) is 0.263. The van der Waals surface area contributed by atoms with Crippen molar-refractivity contribution in [2.75, 3.05) is 7.11 Å². The van der Waals surface area contributed by atoms with Gasteiger partial charge in [-0.25, -0.2) is 4.79 Å². The second-order valence-electron chi connectivity index (χ2n) is 5.63. The van der Waals surface area contributed by atoms with Gasteiger partial charge >= 0.3 is 5.97 Å². The third-order valence-corrected chi connectivity index (χ3v) is 3.84. The molecule has 5 nitrogen and oxygen atoms in total. The first-order valence-corrected chi connectivity index (χ1v) is 7.72. The van der Waals surface area contributed by atoms with Crippen LogP contribution in [0.5, 0.6) is 5.75 Å². The van der Waals surface area contributed by atoms with E-state index in [4.69, 9.17) is 4.74 Å². The number of ether oxygens (including phenoxy) is 1. The lowest BCUT2D eigenvalue weighted by Gasteiger charge is -2.17. The number of carboxylic acids is 1. The van der Waals surface area contributed by atoms with E-state index in [1.54, 1.807) is 37.4 Å². The fourth-order valence-corrected chi connectivity index (χ4v) is 2.50. The van der Waals surface area contributed by atoms with Crippen molar-refractivity contribution < 1.29 is 19.4 Å². The second-order valence-corrected chi connectivity index (χ2v) is 5.63. The average molecular weight is 327 g/mol. The number of benzene rings is 2. The molecule has 2 N–H and O–H groups in total. The van der Waals surface area contributed by atoms with Crippen LogP contribution in [-0.4, -0.2) is 24.1 Å². The average Bonchev–Trinajstić information content (AvgIpc) is 2.60. The lowest BCUT2D eigenvalue weighted by Crippen LogP contribution is -2.34. The molecule has 0 aliphatic rings. The topological polar surface area (TPSA) is 75.6 Å². The van der Waals surface area contributed by atoms with Gasteiger partial charge in [0.2, 0.25) is 5.91 Å². The third-order valence-electron chi connectivity index (χ3n) is 3.84. The first-order valence-electron chi connectivity index (χ1n) is 7.72. The molecule has 24 heavy (non-hydrogen) atoms. The molecule has 2 rings (SSSR count). The summed E-state index contributed by atoms with van der Waals surface area (Å²) in [6.07, 6.45) is 0.198. The molecule has 1 amide bonds. The van der Waals surface area contributed by atoms with E-state index >= 15 is 0 Å². The molecule has 0 saturated heterocycles. The number of hydrogen-bond donors (Lipinski definition) is 2. The molecule has 0 aliphatic carbocycles. The van der Waals surface area contributed by atoms with Crippen LogP contribution in [0.25, 0.3) is 0 Å². The van der Waals surface area contributed by atoms with Gasteiger partial charge in [0, 0.05) is 6.42 Å². The van der Waals surface area contributed by atoms with E-state index in [1.165, 1.54) is 0 Å². The predicted octanol–water partition coefficient (Wildman–Crippen LogP) is 3.13. The number of methoxy groups -OCH3 is 1. The number of carbonyl (C=O) groups excluding carboxylic acids is 1. The molecule has 1 unspecified atom stereocenters. The summed E-state index contributed by atoms with van der Waals surface area (Å²) < 4.78 is 5.19. The number of carbonyl (C=O) groups is 2. The van der Waals surface area contributed by atoms with Crippen LogP contribution >= 0.6 is 0 Å². The van der Waals surface area contributed by atoms with Gasteiger partial charge < -0.3 is 15.2 Å². The van der Waals surface area contributed by atoms with Crippen molar-refractivity contribution in [1.82, 2.24) is 5.32 Å². The SMILES string of the molecule is COc1cccc(C(C)CC(=O)N[C@H](C(=O)O)c2ccccc2)c1. The number of amides is 1. The second kappa shape index (κ2) is 8.15. The van der Waals surface area contributed by atoms with Crippen LogP contribution in [0.4, 0.5) is 0 Å². The molecule has 0 fully saturated rings. The zero-order valence-corrected chi connectivity index (χ0v) is 13.7. The molecule has 0 aromatic heterocycles. The Morgan fingerprint density at radius 1 is 1.08 bits per heavy atom. The van der Waals surface area contributed by atoms with E-state index in [0.29, 0.717) is 5.56 Å². The maximum Gasteiger partial charge on any atom is 0.330 e. The maximum atomic E-state index is 12.3. The molecule has 2 aromatic carbocycles. The highest BCUT2D eigenvalue weighted by molar-refractivity contribution is 5.84. The Bertz CT molecular complexity index is 700. The van der Waals surface area contributed by atoms with Crippen LogP contribution in [0, 0.1) is 0 Å². The third kappa shape index (κ3) is 4.59. The highest BCUT2D eigenvalue weighted by Crippen LogP contribution is 2.23. The van der Waals surface area contributed by atoms with E-state index in [0.717, 1.165) is 11.3 Å². The first-order chi connectivity index (χ1) is 11.5. The van der Waals surface area contributed by atoms with Gasteiger partial charge in [-0.3, -0.25) is 4.79 Å². The molecule has 0 bridgehead atoms. The number of nitrogens with one attached hydrogen (secondary N) is 1. The molecule has 2 aromatic rings. The normalized spacial score (nSPS) is 12.9. The monoisotopic (exact) mass is 327 g/mol. The van der Waals surface area contributed by atoms with Crippen LogP contribution in [0.3, 0.4) is 0 Å². The fourth-order valence-electron chi connectivity index (χ4n) is 2.50. The molecule has 0 spiro atoms. The smallest absolute Gasteiger partial charge is 0.330 e. The maximum absolute atomic E-state index is 12.3. The van der Waals surface area contributed by atoms with Gasteiger partial charge in [-0.15, -0.1) is 0 Å². The summed E-state index contributed by atoms with van der Waals surface area (Å²) in [5, 5.41) is 12.0. The van der Waals surface area contributed by atoms with Crippen molar-refractivity contribution >= 4 is 11.9 Å². The molecule has 0 aliphatic heterocycles. The zero-order valence-electron chi connectivity index (χ0n) is 13.7. The van der Waals surface area contributed by atoms with Gasteiger partial charge in [0.15, 0.2) is 6.04 Å². The van der Waals surface area contributed by atoms with Crippen molar-refractivity contribution in [1.29, 1.82) is 0 Å². The van der Waals surface area contributed by atoms with Crippen molar-refractivity contribution in [2.45, 2.75) is 25.3 Å². The summed E-state index contributed by atoms with van der Waals surface area (Å²) in [5.41, 5.74) is 1.52. The van der Waals surface area contributed by atoms with Gasteiger partial charge in [0.1, 0.15) is 5.75 Å². The Morgan fingerprint density at radius 3 is 2.38 bits per heavy atom. The van der Waals surface area contributed by atoms with Crippen molar-refractivity contribution in [3.8, 4) is 5.75 Å². The first kappa shape index (κ1) is 17.5. The minimum atomic E-state index is -1.08. The Balaban J connectivity index is 2.04. The summed E-state index contributed by atoms with van der Waals surface area (Å²) in [6, 6.07) is 15.1. The molecular formula is C19H21NO4. The summed E-state index contributed by atoms with van der Waals surface area (Å²) >= 11 is 0. The Labute approximate surface area is 141 Å². The van der Waals surface area contributed by atoms with E-state index in [-0.39, 0.29) is 18.2 Å². The van der Waals surface area contributed by atoms with Gasteiger partial charge in [-0.1, -0.05) is 49.4 Å². The summed E-state index contributed by atoms with van der Waals surface area (Å²) in [4.78, 5) is 23.7. The highest BCUT2D eigenvalue weighted by atomic mass is 16.5.